The van der Waals surface area contributed by atoms with Gasteiger partial charge in [-0.25, -0.2) is 4.52 Å². The molecular formula is C14H17N5O3. The molecule has 2 aromatic rings. The van der Waals surface area contributed by atoms with Crippen molar-refractivity contribution in [1.29, 1.82) is 5.26 Å². The van der Waals surface area contributed by atoms with Crippen LogP contribution in [0.2, 0.25) is 0 Å². The Morgan fingerprint density at radius 3 is 2.82 bits per heavy atom. The van der Waals surface area contributed by atoms with Gasteiger partial charge in [-0.15, -0.1) is 0 Å². The van der Waals surface area contributed by atoms with Gasteiger partial charge in [-0.3, -0.25) is 0 Å². The van der Waals surface area contributed by atoms with Gasteiger partial charge in [0.1, 0.15) is 18.3 Å². The Labute approximate surface area is 126 Å². The second-order valence-corrected chi connectivity index (χ2v) is 5.66. The van der Waals surface area contributed by atoms with E-state index >= 15 is 0 Å². The van der Waals surface area contributed by atoms with Crippen LogP contribution in [0, 0.1) is 11.3 Å². The smallest absolute Gasteiger partial charge is 0.217 e. The first-order chi connectivity index (χ1) is 10.4. The van der Waals surface area contributed by atoms with Gasteiger partial charge in [0.15, 0.2) is 0 Å². The molecule has 0 saturated carbocycles. The third-order valence-corrected chi connectivity index (χ3v) is 4.34. The lowest BCUT2D eigenvalue weighted by Gasteiger charge is -2.34. The zero-order chi connectivity index (χ0) is 16.1. The SMILES string of the molecule is C[C@@]1(N)[C@H](O)[C@@H](CO)O[C@@]1(C#N)c1ccc2c(N)ccnn12. The van der Waals surface area contributed by atoms with Crippen molar-refractivity contribution in [2.24, 2.45) is 5.73 Å². The molecule has 0 unspecified atom stereocenters. The molecule has 8 heteroatoms. The fraction of sp³-hybridized carbons (Fsp3) is 0.429. The molecule has 0 amide bonds. The fourth-order valence-electron chi connectivity index (χ4n) is 2.99. The lowest BCUT2D eigenvalue weighted by Crippen LogP contribution is -2.59. The van der Waals surface area contributed by atoms with E-state index in [2.05, 4.69) is 11.2 Å². The summed E-state index contributed by atoms with van der Waals surface area (Å²) >= 11 is 0. The maximum atomic E-state index is 10.3. The Morgan fingerprint density at radius 2 is 2.23 bits per heavy atom. The molecular weight excluding hydrogens is 286 g/mol. The lowest BCUT2D eigenvalue weighted by molar-refractivity contribution is -0.0560. The molecule has 0 radical (unpaired) electrons. The van der Waals surface area contributed by atoms with Gasteiger partial charge in [0.25, 0.3) is 0 Å². The van der Waals surface area contributed by atoms with Crippen LogP contribution < -0.4 is 11.5 Å². The van der Waals surface area contributed by atoms with Gasteiger partial charge >= 0.3 is 0 Å². The van der Waals surface area contributed by atoms with E-state index in [0.717, 1.165) is 0 Å². The number of ether oxygens (including phenoxy) is 1. The van der Waals surface area contributed by atoms with Gasteiger partial charge in [0.2, 0.25) is 5.60 Å². The van der Waals surface area contributed by atoms with E-state index in [1.807, 2.05) is 0 Å². The average Bonchev–Trinajstić information content (AvgIpc) is 3.01. The molecule has 8 nitrogen and oxygen atoms in total. The summed E-state index contributed by atoms with van der Waals surface area (Å²) in [5, 5.41) is 33.6. The number of fused-ring (bicyclic) bond motifs is 1. The molecule has 1 saturated heterocycles. The maximum absolute atomic E-state index is 10.3. The fourth-order valence-corrected chi connectivity index (χ4v) is 2.99. The second-order valence-electron chi connectivity index (χ2n) is 5.66. The van der Waals surface area contributed by atoms with Gasteiger partial charge in [0.05, 0.1) is 29.0 Å². The Kier molecular flexibility index (Phi) is 3.12. The minimum atomic E-state index is -1.66. The van der Waals surface area contributed by atoms with Gasteiger partial charge in [0, 0.05) is 6.20 Å². The van der Waals surface area contributed by atoms with Crippen LogP contribution in [0.1, 0.15) is 12.6 Å². The number of rotatable bonds is 2. The first-order valence-corrected chi connectivity index (χ1v) is 6.78. The molecule has 0 aromatic carbocycles. The number of aromatic nitrogens is 2. The van der Waals surface area contributed by atoms with Crippen LogP contribution >= 0.6 is 0 Å². The van der Waals surface area contributed by atoms with Crippen molar-refractivity contribution in [2.45, 2.75) is 30.3 Å². The van der Waals surface area contributed by atoms with Crippen molar-refractivity contribution in [3.05, 3.63) is 30.1 Å². The van der Waals surface area contributed by atoms with E-state index in [4.69, 9.17) is 16.2 Å². The molecule has 3 heterocycles. The van der Waals surface area contributed by atoms with Gasteiger partial charge in [-0.2, -0.15) is 10.4 Å². The average molecular weight is 303 g/mol. The quantitative estimate of drug-likeness (QED) is 0.563. The number of aliphatic hydroxyl groups excluding tert-OH is 2. The molecule has 1 aliphatic heterocycles. The molecule has 4 atom stereocenters. The van der Waals surface area contributed by atoms with Gasteiger partial charge < -0.3 is 26.4 Å². The molecule has 116 valence electrons. The highest BCUT2D eigenvalue weighted by atomic mass is 16.5. The normalized spacial score (nSPS) is 34.9. The van der Waals surface area contributed by atoms with E-state index in [-0.39, 0.29) is 0 Å². The summed E-state index contributed by atoms with van der Waals surface area (Å²) in [6.07, 6.45) is -0.662. The summed E-state index contributed by atoms with van der Waals surface area (Å²) < 4.78 is 7.15. The summed E-state index contributed by atoms with van der Waals surface area (Å²) in [7, 11) is 0. The summed E-state index contributed by atoms with van der Waals surface area (Å²) in [5.41, 5.74) is 10.5. The Bertz CT molecular complexity index is 765. The molecule has 0 spiro atoms. The molecule has 3 rings (SSSR count). The Morgan fingerprint density at radius 1 is 1.50 bits per heavy atom. The van der Waals surface area contributed by atoms with Crippen LogP contribution in [0.5, 0.6) is 0 Å². The predicted molar refractivity (Wildman–Crippen MR) is 77.5 cm³/mol. The summed E-state index contributed by atoms with van der Waals surface area (Å²) in [5.74, 6) is 0. The summed E-state index contributed by atoms with van der Waals surface area (Å²) in [6, 6.07) is 7.04. The number of hydrogen-bond acceptors (Lipinski definition) is 7. The van der Waals surface area contributed by atoms with Crippen LogP contribution in [0.25, 0.3) is 5.52 Å². The second kappa shape index (κ2) is 4.66. The number of hydrogen-bond donors (Lipinski definition) is 4. The molecule has 1 fully saturated rings. The number of nitriles is 1. The van der Waals surface area contributed by atoms with Crippen molar-refractivity contribution < 1.29 is 14.9 Å². The van der Waals surface area contributed by atoms with Crippen molar-refractivity contribution in [1.82, 2.24) is 9.61 Å². The lowest BCUT2D eigenvalue weighted by atomic mass is 9.78. The van der Waals surface area contributed by atoms with Crippen molar-refractivity contribution in [3.8, 4) is 6.07 Å². The highest BCUT2D eigenvalue weighted by Crippen LogP contribution is 2.45. The number of anilines is 1. The van der Waals surface area contributed by atoms with Crippen LogP contribution in [0.4, 0.5) is 5.69 Å². The molecule has 6 N–H and O–H groups in total. The molecule has 22 heavy (non-hydrogen) atoms. The number of nitrogen functional groups attached to an aromatic ring is 1. The Balaban J connectivity index is 2.27. The Hall–Kier alpha value is -2.18. The number of aliphatic hydroxyl groups is 2. The van der Waals surface area contributed by atoms with E-state index in [9.17, 15) is 15.5 Å². The molecule has 2 aromatic heterocycles. The minimum absolute atomic E-state index is 0.359. The highest BCUT2D eigenvalue weighted by molar-refractivity contribution is 5.70. The van der Waals surface area contributed by atoms with Crippen LogP contribution in [0.3, 0.4) is 0 Å². The van der Waals surface area contributed by atoms with Crippen LogP contribution in [-0.2, 0) is 10.3 Å². The topological polar surface area (TPSA) is 143 Å². The zero-order valence-corrected chi connectivity index (χ0v) is 12.0. The van der Waals surface area contributed by atoms with Crippen LogP contribution in [0.15, 0.2) is 24.4 Å². The number of nitrogens with two attached hydrogens (primary N) is 2. The summed E-state index contributed by atoms with van der Waals surface area (Å²) in [4.78, 5) is 0. The molecule has 0 bridgehead atoms. The van der Waals surface area contributed by atoms with E-state index in [0.29, 0.717) is 16.9 Å². The third kappa shape index (κ3) is 1.62. The highest BCUT2D eigenvalue weighted by Gasteiger charge is 2.63. The third-order valence-electron chi connectivity index (χ3n) is 4.34. The molecule has 0 aliphatic carbocycles. The standard InChI is InChI=1S/C14H17N5O3/c1-13(17)12(21)10(6-20)22-14(13,7-15)11-3-2-9-8(16)4-5-18-19(9)11/h2-5,10,12,20-21H,6,16-17H2,1H3/t10-,12-,13-,14+/m1/s1. The summed E-state index contributed by atoms with van der Waals surface area (Å²) in [6.45, 7) is 1.07. The van der Waals surface area contributed by atoms with E-state index in [1.165, 1.54) is 17.6 Å². The maximum Gasteiger partial charge on any atom is 0.217 e. The van der Waals surface area contributed by atoms with Gasteiger partial charge in [-0.05, 0) is 25.1 Å². The van der Waals surface area contributed by atoms with Crippen LogP contribution in [-0.4, -0.2) is 44.2 Å². The minimum Gasteiger partial charge on any atom is -0.397 e. The predicted octanol–water partition coefficient (Wildman–Crippen LogP) is -0.895. The van der Waals surface area contributed by atoms with Crippen molar-refractivity contribution >= 4 is 11.2 Å². The van der Waals surface area contributed by atoms with Crippen molar-refractivity contribution in [3.63, 3.8) is 0 Å². The number of nitrogens with zero attached hydrogens (tertiary/aromatic N) is 3. The first-order valence-electron chi connectivity index (χ1n) is 6.78. The van der Waals surface area contributed by atoms with Gasteiger partial charge in [-0.1, -0.05) is 0 Å². The van der Waals surface area contributed by atoms with E-state index in [1.54, 1.807) is 18.2 Å². The molecule has 1 aliphatic rings. The van der Waals surface area contributed by atoms with Crippen molar-refractivity contribution in [2.75, 3.05) is 12.3 Å². The largest absolute Gasteiger partial charge is 0.397 e. The zero-order valence-electron chi connectivity index (χ0n) is 12.0. The first kappa shape index (κ1) is 14.7. The monoisotopic (exact) mass is 303 g/mol. The van der Waals surface area contributed by atoms with E-state index < -0.39 is 30.0 Å².